The maximum absolute atomic E-state index is 3.94. The van der Waals surface area contributed by atoms with Crippen LogP contribution in [0.25, 0.3) is 0 Å². The normalized spacial score (nSPS) is 14.8. The van der Waals surface area contributed by atoms with Gasteiger partial charge in [0.1, 0.15) is 0 Å². The highest BCUT2D eigenvalue weighted by molar-refractivity contribution is 5.40. The number of allylic oxidation sites excluding steroid dienone is 3. The van der Waals surface area contributed by atoms with Crippen LogP contribution < -0.4 is 5.32 Å². The Morgan fingerprint density at radius 3 is 3.09 bits per heavy atom. The molecular weight excluding hydrogens is 134 g/mol. The molecule has 1 aliphatic carbocycles. The molecule has 1 N–H and O–H groups in total. The first-order valence-electron chi connectivity index (χ1n) is 4.14. The summed E-state index contributed by atoms with van der Waals surface area (Å²) in [5.41, 5.74) is 2.30. The van der Waals surface area contributed by atoms with E-state index in [9.17, 15) is 0 Å². The molecule has 1 rings (SSSR count). The molecule has 1 heteroatoms. The third kappa shape index (κ3) is 2.26. The minimum absolute atomic E-state index is 1.02. The predicted octanol–water partition coefficient (Wildman–Crippen LogP) is 2.39. The molecule has 0 unspecified atom stereocenters. The van der Waals surface area contributed by atoms with Crippen molar-refractivity contribution in [1.82, 2.24) is 5.32 Å². The van der Waals surface area contributed by atoms with Crippen LogP contribution in [0.5, 0.6) is 0 Å². The topological polar surface area (TPSA) is 12.0 Å². The van der Waals surface area contributed by atoms with Gasteiger partial charge in [-0.25, -0.2) is 0 Å². The highest BCUT2D eigenvalue weighted by Gasteiger charge is 2.00. The van der Waals surface area contributed by atoms with E-state index in [2.05, 4.69) is 37.0 Å². The first-order valence-corrected chi connectivity index (χ1v) is 4.14. The quantitative estimate of drug-likeness (QED) is 0.647. The van der Waals surface area contributed by atoms with Crippen LogP contribution in [0.4, 0.5) is 0 Å². The van der Waals surface area contributed by atoms with Crippen LogP contribution in [0, 0.1) is 0 Å². The fourth-order valence-corrected chi connectivity index (χ4v) is 1.06. The zero-order valence-electron chi connectivity index (χ0n) is 7.06. The molecule has 0 amide bonds. The largest absolute Gasteiger partial charge is 0.385 e. The van der Waals surface area contributed by atoms with E-state index in [1.165, 1.54) is 5.57 Å². The Labute approximate surface area is 68.5 Å². The van der Waals surface area contributed by atoms with E-state index in [1.807, 2.05) is 0 Å². The molecule has 0 fully saturated rings. The average molecular weight is 149 g/mol. The lowest BCUT2D eigenvalue weighted by atomic mass is 10.2. The third-order valence-corrected chi connectivity index (χ3v) is 1.71. The van der Waals surface area contributed by atoms with E-state index in [1.54, 1.807) is 0 Å². The molecule has 0 atom stereocenters. The van der Waals surface area contributed by atoms with Crippen molar-refractivity contribution in [3.05, 3.63) is 36.1 Å². The molecule has 0 aromatic rings. The molecule has 60 valence electrons. The molecule has 0 heterocycles. The van der Waals surface area contributed by atoms with E-state index in [4.69, 9.17) is 0 Å². The minimum atomic E-state index is 1.02. The molecule has 0 saturated heterocycles. The van der Waals surface area contributed by atoms with E-state index in [0.717, 1.165) is 25.1 Å². The molecule has 1 aliphatic rings. The summed E-state index contributed by atoms with van der Waals surface area (Å²) < 4.78 is 0. The van der Waals surface area contributed by atoms with Crippen LogP contribution in [-0.2, 0) is 0 Å². The molecule has 0 saturated carbocycles. The molecule has 0 aromatic heterocycles. The van der Waals surface area contributed by atoms with Crippen LogP contribution >= 0.6 is 0 Å². The molecule has 0 aromatic carbocycles. The highest BCUT2D eigenvalue weighted by Crippen LogP contribution is 2.14. The summed E-state index contributed by atoms with van der Waals surface area (Å²) in [4.78, 5) is 0. The van der Waals surface area contributed by atoms with Crippen LogP contribution in [0.3, 0.4) is 0 Å². The second kappa shape index (κ2) is 4.02. The van der Waals surface area contributed by atoms with E-state index < -0.39 is 0 Å². The summed E-state index contributed by atoms with van der Waals surface area (Å²) in [5, 5.41) is 3.26. The predicted molar refractivity (Wildman–Crippen MR) is 49.3 cm³/mol. The molecular formula is C10H15N. The second-order valence-corrected chi connectivity index (χ2v) is 2.70. The smallest absolute Gasteiger partial charge is 0.0337 e. The van der Waals surface area contributed by atoms with Gasteiger partial charge < -0.3 is 5.32 Å². The van der Waals surface area contributed by atoms with Crippen LogP contribution in [-0.4, -0.2) is 6.54 Å². The summed E-state index contributed by atoms with van der Waals surface area (Å²) in [6.07, 6.45) is 8.66. The van der Waals surface area contributed by atoms with Gasteiger partial charge in [-0.15, -0.1) is 0 Å². The summed E-state index contributed by atoms with van der Waals surface area (Å²) in [5.74, 6) is 0. The monoisotopic (exact) mass is 149 g/mol. The third-order valence-electron chi connectivity index (χ3n) is 1.71. The van der Waals surface area contributed by atoms with Gasteiger partial charge in [-0.05, 0) is 18.4 Å². The first kappa shape index (κ1) is 8.12. The first-order chi connectivity index (χ1) is 5.34. The minimum Gasteiger partial charge on any atom is -0.385 e. The zero-order valence-corrected chi connectivity index (χ0v) is 7.06. The van der Waals surface area contributed by atoms with Gasteiger partial charge >= 0.3 is 0 Å². The van der Waals surface area contributed by atoms with Gasteiger partial charge in [-0.3, -0.25) is 0 Å². The SMILES string of the molecule is C=C(NCCC)C1=CCC=C1. The van der Waals surface area contributed by atoms with Crippen molar-refractivity contribution in [3.63, 3.8) is 0 Å². The van der Waals surface area contributed by atoms with Crippen molar-refractivity contribution in [2.24, 2.45) is 0 Å². The van der Waals surface area contributed by atoms with Gasteiger partial charge in [-0.2, -0.15) is 0 Å². The standard InChI is InChI=1S/C10H15N/c1-3-8-11-9(2)10-6-4-5-7-10/h4,6-7,11H,2-3,5,8H2,1H3. The lowest BCUT2D eigenvalue weighted by Crippen LogP contribution is -2.13. The summed E-state index contributed by atoms with van der Waals surface area (Å²) in [6.45, 7) is 7.11. The molecule has 0 bridgehead atoms. The van der Waals surface area contributed by atoms with Gasteiger partial charge in [0.2, 0.25) is 0 Å². The van der Waals surface area contributed by atoms with Crippen molar-refractivity contribution >= 4 is 0 Å². The van der Waals surface area contributed by atoms with Crippen molar-refractivity contribution in [2.45, 2.75) is 19.8 Å². The van der Waals surface area contributed by atoms with Gasteiger partial charge in [0.05, 0.1) is 0 Å². The summed E-state index contributed by atoms with van der Waals surface area (Å²) in [6, 6.07) is 0. The molecule has 0 radical (unpaired) electrons. The van der Waals surface area contributed by atoms with Crippen molar-refractivity contribution in [1.29, 1.82) is 0 Å². The molecule has 11 heavy (non-hydrogen) atoms. The maximum Gasteiger partial charge on any atom is 0.0337 e. The van der Waals surface area contributed by atoms with Gasteiger partial charge in [0, 0.05) is 12.2 Å². The zero-order chi connectivity index (χ0) is 8.10. The Balaban J connectivity index is 2.35. The molecule has 0 spiro atoms. The fourth-order valence-electron chi connectivity index (χ4n) is 1.06. The Morgan fingerprint density at radius 1 is 1.73 bits per heavy atom. The highest BCUT2D eigenvalue weighted by atomic mass is 14.9. The summed E-state index contributed by atoms with van der Waals surface area (Å²) in [7, 11) is 0. The molecule has 0 aliphatic heterocycles. The Bertz CT molecular complexity index is 199. The van der Waals surface area contributed by atoms with Gasteiger partial charge in [0.15, 0.2) is 0 Å². The van der Waals surface area contributed by atoms with Crippen LogP contribution in [0.2, 0.25) is 0 Å². The second-order valence-electron chi connectivity index (χ2n) is 2.70. The van der Waals surface area contributed by atoms with Crippen molar-refractivity contribution in [3.8, 4) is 0 Å². The lowest BCUT2D eigenvalue weighted by molar-refractivity contribution is 0.781. The van der Waals surface area contributed by atoms with Crippen molar-refractivity contribution < 1.29 is 0 Å². The van der Waals surface area contributed by atoms with Crippen LogP contribution in [0.15, 0.2) is 36.1 Å². The number of rotatable bonds is 4. The number of hydrogen-bond acceptors (Lipinski definition) is 1. The fraction of sp³-hybridized carbons (Fsp3) is 0.400. The maximum atomic E-state index is 3.94. The van der Waals surface area contributed by atoms with Crippen molar-refractivity contribution in [2.75, 3.05) is 6.54 Å². The average Bonchev–Trinajstić information content (AvgIpc) is 2.52. The van der Waals surface area contributed by atoms with Gasteiger partial charge in [0.25, 0.3) is 0 Å². The number of hydrogen-bond donors (Lipinski definition) is 1. The summed E-state index contributed by atoms with van der Waals surface area (Å²) >= 11 is 0. The van der Waals surface area contributed by atoms with E-state index in [0.29, 0.717) is 0 Å². The number of nitrogens with one attached hydrogen (secondary N) is 1. The Morgan fingerprint density at radius 2 is 2.55 bits per heavy atom. The lowest BCUT2D eigenvalue weighted by Gasteiger charge is -2.06. The van der Waals surface area contributed by atoms with Crippen LogP contribution in [0.1, 0.15) is 19.8 Å². The van der Waals surface area contributed by atoms with E-state index >= 15 is 0 Å². The Kier molecular flexibility index (Phi) is 2.96. The molecule has 1 nitrogen and oxygen atoms in total. The van der Waals surface area contributed by atoms with E-state index in [-0.39, 0.29) is 0 Å². The van der Waals surface area contributed by atoms with Gasteiger partial charge in [-0.1, -0.05) is 31.7 Å². The Hall–Kier alpha value is -0.980.